The van der Waals surface area contributed by atoms with Crippen molar-refractivity contribution in [2.45, 2.75) is 25.4 Å². The summed E-state index contributed by atoms with van der Waals surface area (Å²) in [6.07, 6.45) is 1.53. The first-order chi connectivity index (χ1) is 13.4. The zero-order valence-electron chi connectivity index (χ0n) is 15.9. The molecule has 1 aromatic carbocycles. The van der Waals surface area contributed by atoms with Crippen LogP contribution in [0, 0.1) is 5.82 Å². The zero-order valence-corrected chi connectivity index (χ0v) is 16.7. The minimum Gasteiger partial charge on any atom is -0.467 e. The number of amides is 2. The van der Waals surface area contributed by atoms with Gasteiger partial charge in [-0.2, -0.15) is 0 Å². The second kappa shape index (κ2) is 10.8. The molecule has 0 saturated heterocycles. The lowest BCUT2D eigenvalue weighted by molar-refractivity contribution is -0.141. The first kappa shape index (κ1) is 21.9. The van der Waals surface area contributed by atoms with Gasteiger partial charge in [0.15, 0.2) is 0 Å². The monoisotopic (exact) mass is 410 g/mol. The Labute approximate surface area is 168 Å². The average Bonchev–Trinajstić information content (AvgIpc) is 3.18. The molecule has 0 fully saturated rings. The molecule has 0 aliphatic heterocycles. The lowest BCUT2D eigenvalue weighted by Crippen LogP contribution is -2.45. The molecule has 1 aromatic heterocycles. The van der Waals surface area contributed by atoms with Crippen molar-refractivity contribution in [1.29, 1.82) is 0 Å². The molecule has 1 heterocycles. The highest BCUT2D eigenvalue weighted by Gasteiger charge is 2.24. The van der Waals surface area contributed by atoms with E-state index in [0.717, 1.165) is 5.56 Å². The fourth-order valence-corrected chi connectivity index (χ4v) is 2.75. The van der Waals surface area contributed by atoms with Gasteiger partial charge in [0, 0.05) is 20.2 Å². The maximum atomic E-state index is 13.2. The predicted octanol–water partition coefficient (Wildman–Crippen LogP) is 3.05. The normalized spacial score (nSPS) is 11.9. The minimum atomic E-state index is -0.750. The van der Waals surface area contributed by atoms with E-state index in [2.05, 4.69) is 0 Å². The molecular formula is C20H24ClFN2O4. The number of hydrogen-bond donors (Lipinski definition) is 0. The number of methoxy groups -OCH3 is 1. The Morgan fingerprint density at radius 1 is 1.18 bits per heavy atom. The van der Waals surface area contributed by atoms with Crippen molar-refractivity contribution < 1.29 is 23.1 Å². The summed E-state index contributed by atoms with van der Waals surface area (Å²) in [7, 11) is 1.52. The molecule has 0 bridgehead atoms. The number of benzene rings is 1. The molecule has 0 radical (unpaired) electrons. The summed E-state index contributed by atoms with van der Waals surface area (Å²) in [6, 6.07) is 9.42. The van der Waals surface area contributed by atoms with E-state index in [4.69, 9.17) is 20.8 Å². The zero-order chi connectivity index (χ0) is 20.5. The Morgan fingerprint density at radius 2 is 1.89 bits per heavy atom. The van der Waals surface area contributed by atoms with Gasteiger partial charge in [0.25, 0.3) is 0 Å². The van der Waals surface area contributed by atoms with Gasteiger partial charge in [-0.05, 0) is 36.8 Å². The molecule has 152 valence electrons. The van der Waals surface area contributed by atoms with Gasteiger partial charge in [0.2, 0.25) is 11.8 Å². The Bertz CT molecular complexity index is 750. The maximum Gasteiger partial charge on any atom is 0.242 e. The fraction of sp³-hybridized carbons (Fsp3) is 0.400. The molecule has 6 nitrogen and oxygen atoms in total. The molecule has 28 heavy (non-hydrogen) atoms. The molecule has 1 atom stereocenters. The highest BCUT2D eigenvalue weighted by atomic mass is 35.5. The topological polar surface area (TPSA) is 63.0 Å². The van der Waals surface area contributed by atoms with Gasteiger partial charge >= 0.3 is 0 Å². The van der Waals surface area contributed by atoms with E-state index in [1.807, 2.05) is 0 Å². The number of alkyl halides is 1. The Balaban J connectivity index is 2.15. The van der Waals surface area contributed by atoms with Gasteiger partial charge in [-0.1, -0.05) is 12.1 Å². The number of carbonyl (C=O) groups is 2. The number of ether oxygens (including phenoxy) is 1. The van der Waals surface area contributed by atoms with Crippen LogP contribution in [0.3, 0.4) is 0 Å². The third kappa shape index (κ3) is 6.65. The van der Waals surface area contributed by atoms with Crippen LogP contribution in [-0.4, -0.2) is 53.8 Å². The Kier molecular flexibility index (Phi) is 8.47. The lowest BCUT2D eigenvalue weighted by Gasteiger charge is -2.28. The number of furan rings is 1. The van der Waals surface area contributed by atoms with Gasteiger partial charge in [-0.15, -0.1) is 11.6 Å². The van der Waals surface area contributed by atoms with Crippen LogP contribution in [0.1, 0.15) is 18.2 Å². The SMILES string of the molecule is COCCN(CC(=O)N(Cc1ccc(F)cc1)Cc1ccco1)C(=O)C(C)Cl. The molecule has 2 rings (SSSR count). The minimum absolute atomic E-state index is 0.138. The van der Waals surface area contributed by atoms with Gasteiger partial charge in [-0.25, -0.2) is 4.39 Å². The molecule has 8 heteroatoms. The van der Waals surface area contributed by atoms with Crippen LogP contribution in [-0.2, 0) is 27.4 Å². The average molecular weight is 411 g/mol. The van der Waals surface area contributed by atoms with Crippen molar-refractivity contribution >= 4 is 23.4 Å². The van der Waals surface area contributed by atoms with E-state index < -0.39 is 5.38 Å². The summed E-state index contributed by atoms with van der Waals surface area (Å²) in [4.78, 5) is 28.2. The molecule has 0 N–H and O–H groups in total. The van der Waals surface area contributed by atoms with Gasteiger partial charge in [0.1, 0.15) is 17.0 Å². The molecule has 0 spiro atoms. The third-order valence-electron chi connectivity index (χ3n) is 4.11. The van der Waals surface area contributed by atoms with Crippen LogP contribution < -0.4 is 0 Å². The molecule has 0 aliphatic carbocycles. The van der Waals surface area contributed by atoms with Crippen molar-refractivity contribution in [3.8, 4) is 0 Å². The molecule has 2 amide bonds. The van der Waals surface area contributed by atoms with Crippen LogP contribution in [0.5, 0.6) is 0 Å². The van der Waals surface area contributed by atoms with E-state index in [1.54, 1.807) is 36.1 Å². The Morgan fingerprint density at radius 3 is 2.46 bits per heavy atom. The number of halogens is 2. The lowest BCUT2D eigenvalue weighted by atomic mass is 10.2. The van der Waals surface area contributed by atoms with Crippen LogP contribution >= 0.6 is 11.6 Å². The molecular weight excluding hydrogens is 387 g/mol. The van der Waals surface area contributed by atoms with Gasteiger partial charge in [-0.3, -0.25) is 9.59 Å². The van der Waals surface area contributed by atoms with Crippen molar-refractivity contribution in [1.82, 2.24) is 9.80 Å². The summed E-state index contributed by atoms with van der Waals surface area (Å²) in [5, 5.41) is -0.750. The second-order valence-electron chi connectivity index (χ2n) is 6.32. The molecule has 2 aromatic rings. The van der Waals surface area contributed by atoms with Crippen LogP contribution in [0.2, 0.25) is 0 Å². The first-order valence-electron chi connectivity index (χ1n) is 8.87. The first-order valence-corrected chi connectivity index (χ1v) is 9.30. The smallest absolute Gasteiger partial charge is 0.242 e. The van der Waals surface area contributed by atoms with Gasteiger partial charge < -0.3 is 19.0 Å². The van der Waals surface area contributed by atoms with Crippen LogP contribution in [0.25, 0.3) is 0 Å². The third-order valence-corrected chi connectivity index (χ3v) is 4.30. The van der Waals surface area contributed by atoms with E-state index in [1.165, 1.54) is 30.4 Å². The molecule has 0 aliphatic rings. The highest BCUT2D eigenvalue weighted by molar-refractivity contribution is 6.30. The highest BCUT2D eigenvalue weighted by Crippen LogP contribution is 2.13. The standard InChI is InChI=1S/C20H24ClFN2O4/c1-15(21)20(26)23(9-11-27-2)14-19(25)24(13-18-4-3-10-28-18)12-16-5-7-17(22)8-6-16/h3-8,10,15H,9,11-14H2,1-2H3. The van der Waals surface area contributed by atoms with Crippen molar-refractivity contribution in [3.05, 3.63) is 59.8 Å². The largest absolute Gasteiger partial charge is 0.467 e. The summed E-state index contributed by atoms with van der Waals surface area (Å²) < 4.78 is 23.6. The van der Waals surface area contributed by atoms with Crippen molar-refractivity contribution in [3.63, 3.8) is 0 Å². The number of carbonyl (C=O) groups excluding carboxylic acids is 2. The summed E-state index contributed by atoms with van der Waals surface area (Å²) in [5.41, 5.74) is 0.766. The van der Waals surface area contributed by atoms with Crippen molar-refractivity contribution in [2.24, 2.45) is 0 Å². The summed E-state index contributed by atoms with van der Waals surface area (Å²) >= 11 is 5.92. The predicted molar refractivity (Wildman–Crippen MR) is 103 cm³/mol. The number of rotatable bonds is 10. The second-order valence-corrected chi connectivity index (χ2v) is 6.98. The van der Waals surface area contributed by atoms with Crippen molar-refractivity contribution in [2.75, 3.05) is 26.8 Å². The van der Waals surface area contributed by atoms with Crippen LogP contribution in [0.15, 0.2) is 47.1 Å². The number of nitrogens with zero attached hydrogens (tertiary/aromatic N) is 2. The molecule has 1 unspecified atom stereocenters. The Hall–Kier alpha value is -2.38. The maximum absolute atomic E-state index is 13.2. The number of hydrogen-bond acceptors (Lipinski definition) is 4. The van der Waals surface area contributed by atoms with Crippen LogP contribution in [0.4, 0.5) is 4.39 Å². The van der Waals surface area contributed by atoms with E-state index >= 15 is 0 Å². The quantitative estimate of drug-likeness (QED) is 0.565. The summed E-state index contributed by atoms with van der Waals surface area (Å²) in [6.45, 7) is 2.45. The van der Waals surface area contributed by atoms with E-state index in [9.17, 15) is 14.0 Å². The van der Waals surface area contributed by atoms with E-state index in [-0.39, 0.29) is 43.8 Å². The molecule has 0 saturated carbocycles. The summed E-state index contributed by atoms with van der Waals surface area (Å²) in [5.74, 6) is -0.356. The van der Waals surface area contributed by atoms with Gasteiger partial charge in [0.05, 0.1) is 26.0 Å². The fourth-order valence-electron chi connectivity index (χ4n) is 2.62. The van der Waals surface area contributed by atoms with E-state index in [0.29, 0.717) is 12.4 Å².